The molecular weight excluding hydrogens is 521 g/mol. The van der Waals surface area contributed by atoms with E-state index in [2.05, 4.69) is 10.6 Å². The second kappa shape index (κ2) is 11.3. The van der Waals surface area contributed by atoms with Gasteiger partial charge >= 0.3 is 6.18 Å². The van der Waals surface area contributed by atoms with Gasteiger partial charge in [0, 0.05) is 35.8 Å². The van der Waals surface area contributed by atoms with E-state index in [9.17, 15) is 22.8 Å². The fourth-order valence-electron chi connectivity index (χ4n) is 5.11. The standard InChI is InChI=1S/C29H35F3N6O2/c1-15(2)23-9-8-19-10-24(21-11-20(29(30,31)32)12-22(33)16(21)3)38(28(40)26(19)37-23)14-25(39)36-13-17-4-6-18(7-5-17)27(34)35/h4-7,10-12,15-16,22-23,37H,8-9,13-14,33H2,1-3H3,(H3,34,35)(H,36,39). The van der Waals surface area contributed by atoms with Crippen molar-refractivity contribution >= 4 is 23.0 Å². The molecule has 3 atom stereocenters. The number of nitrogens with one attached hydrogen (secondary N) is 3. The maximum absolute atomic E-state index is 13.8. The largest absolute Gasteiger partial charge is 0.416 e. The first-order valence-electron chi connectivity index (χ1n) is 13.3. The van der Waals surface area contributed by atoms with Gasteiger partial charge in [-0.1, -0.05) is 51.1 Å². The number of nitrogens with two attached hydrogens (primary N) is 2. The Labute approximate surface area is 230 Å². The molecule has 1 aromatic carbocycles. The van der Waals surface area contributed by atoms with Gasteiger partial charge in [0.15, 0.2) is 0 Å². The summed E-state index contributed by atoms with van der Waals surface area (Å²) in [5.74, 6) is -0.803. The number of benzene rings is 1. The van der Waals surface area contributed by atoms with Crippen LogP contribution in [0, 0.1) is 17.2 Å². The number of anilines is 1. The van der Waals surface area contributed by atoms with Crippen LogP contribution in [0.15, 0.2) is 52.9 Å². The van der Waals surface area contributed by atoms with Crippen molar-refractivity contribution in [2.45, 2.75) is 65.0 Å². The van der Waals surface area contributed by atoms with Crippen molar-refractivity contribution < 1.29 is 18.0 Å². The van der Waals surface area contributed by atoms with E-state index in [-0.39, 0.29) is 42.2 Å². The maximum Gasteiger partial charge on any atom is 0.416 e. The van der Waals surface area contributed by atoms with Crippen LogP contribution >= 0.6 is 0 Å². The number of carbonyl (C=O) groups is 1. The van der Waals surface area contributed by atoms with Crippen LogP contribution in [0.25, 0.3) is 5.57 Å². The Morgan fingerprint density at radius 3 is 2.52 bits per heavy atom. The van der Waals surface area contributed by atoms with Crippen LogP contribution in [-0.4, -0.2) is 34.6 Å². The lowest BCUT2D eigenvalue weighted by molar-refractivity contribution is -0.121. The quantitative estimate of drug-likeness (QED) is 0.262. The predicted molar refractivity (Wildman–Crippen MR) is 150 cm³/mol. The Morgan fingerprint density at radius 2 is 1.93 bits per heavy atom. The number of aryl methyl sites for hydroxylation is 1. The summed E-state index contributed by atoms with van der Waals surface area (Å²) in [6, 6.07) is 7.66. The first-order chi connectivity index (χ1) is 18.8. The molecule has 7 N–H and O–H groups in total. The van der Waals surface area contributed by atoms with Gasteiger partial charge in [0.05, 0.1) is 5.57 Å². The number of aromatic nitrogens is 1. The van der Waals surface area contributed by atoms with Crippen molar-refractivity contribution in [3.63, 3.8) is 0 Å². The molecule has 214 valence electrons. The molecule has 2 aliphatic rings. The highest BCUT2D eigenvalue weighted by Gasteiger charge is 2.37. The van der Waals surface area contributed by atoms with E-state index in [1.807, 2.05) is 13.8 Å². The van der Waals surface area contributed by atoms with Crippen LogP contribution in [0.2, 0.25) is 0 Å². The third-order valence-electron chi connectivity index (χ3n) is 7.67. The van der Waals surface area contributed by atoms with E-state index < -0.39 is 35.2 Å². The summed E-state index contributed by atoms with van der Waals surface area (Å²) in [6.45, 7) is 5.59. The minimum Gasteiger partial charge on any atom is -0.384 e. The number of rotatable bonds is 7. The maximum atomic E-state index is 13.8. The third kappa shape index (κ3) is 6.14. The Bertz CT molecular complexity index is 1420. The Morgan fingerprint density at radius 1 is 1.25 bits per heavy atom. The number of nitrogen functional groups attached to an aromatic ring is 1. The molecule has 1 aromatic heterocycles. The summed E-state index contributed by atoms with van der Waals surface area (Å²) < 4.78 is 42.4. The summed E-state index contributed by atoms with van der Waals surface area (Å²) in [5, 5.41) is 13.6. The van der Waals surface area contributed by atoms with Gasteiger partial charge in [0.25, 0.3) is 5.56 Å². The van der Waals surface area contributed by atoms with Gasteiger partial charge in [-0.2, -0.15) is 13.2 Å². The zero-order valence-corrected chi connectivity index (χ0v) is 22.7. The van der Waals surface area contributed by atoms with Crippen LogP contribution < -0.4 is 27.7 Å². The second-order valence-electron chi connectivity index (χ2n) is 10.8. The molecule has 11 heteroatoms. The van der Waals surface area contributed by atoms with Crippen molar-refractivity contribution in [3.05, 3.63) is 80.8 Å². The normalized spacial score (nSPS) is 20.8. The van der Waals surface area contributed by atoms with Gasteiger partial charge in [0.2, 0.25) is 5.91 Å². The second-order valence-corrected chi connectivity index (χ2v) is 10.8. The Kier molecular flexibility index (Phi) is 8.25. The van der Waals surface area contributed by atoms with Gasteiger partial charge in [-0.3, -0.25) is 19.6 Å². The number of allylic oxidation sites excluding steroid dienone is 2. The minimum absolute atomic E-state index is 0.0623. The molecular formula is C29H35F3N6O2. The molecule has 2 heterocycles. The number of hydrogen-bond donors (Lipinski definition) is 5. The molecule has 0 fully saturated rings. The predicted octanol–water partition coefficient (Wildman–Crippen LogP) is 3.68. The number of nitrogens with zero attached hydrogens (tertiary/aromatic N) is 1. The van der Waals surface area contributed by atoms with Crippen LogP contribution in [0.3, 0.4) is 0 Å². The first kappa shape index (κ1) is 29.1. The number of carbonyl (C=O) groups excluding carboxylic acids is 1. The number of fused-ring (bicyclic) bond motifs is 1. The first-order valence-corrected chi connectivity index (χ1v) is 13.3. The van der Waals surface area contributed by atoms with Gasteiger partial charge in [-0.15, -0.1) is 0 Å². The number of halogens is 3. The summed E-state index contributed by atoms with van der Waals surface area (Å²) in [6.07, 6.45) is -1.21. The molecule has 0 radical (unpaired) electrons. The Hall–Kier alpha value is -3.86. The van der Waals surface area contributed by atoms with E-state index >= 15 is 0 Å². The molecule has 1 amide bonds. The molecule has 1 aliphatic carbocycles. The van der Waals surface area contributed by atoms with Crippen molar-refractivity contribution in [2.24, 2.45) is 23.3 Å². The fraction of sp³-hybridized carbons (Fsp3) is 0.414. The minimum atomic E-state index is -4.61. The van der Waals surface area contributed by atoms with E-state index in [4.69, 9.17) is 16.9 Å². The summed E-state index contributed by atoms with van der Waals surface area (Å²) in [5.41, 5.74) is 13.2. The van der Waals surface area contributed by atoms with Gasteiger partial charge in [-0.25, -0.2) is 0 Å². The number of pyridine rings is 1. The van der Waals surface area contributed by atoms with Crippen molar-refractivity contribution in [1.82, 2.24) is 9.88 Å². The van der Waals surface area contributed by atoms with Crippen molar-refractivity contribution in [2.75, 3.05) is 5.32 Å². The Balaban J connectivity index is 1.71. The zero-order valence-electron chi connectivity index (χ0n) is 22.7. The molecule has 40 heavy (non-hydrogen) atoms. The van der Waals surface area contributed by atoms with Crippen LogP contribution in [0.5, 0.6) is 0 Å². The molecule has 2 aromatic rings. The molecule has 0 bridgehead atoms. The van der Waals surface area contributed by atoms with Crippen LogP contribution in [0.4, 0.5) is 18.9 Å². The average molecular weight is 557 g/mol. The monoisotopic (exact) mass is 556 g/mol. The zero-order chi connectivity index (χ0) is 29.4. The van der Waals surface area contributed by atoms with E-state index in [0.717, 1.165) is 24.1 Å². The van der Waals surface area contributed by atoms with E-state index in [1.165, 1.54) is 4.57 Å². The van der Waals surface area contributed by atoms with E-state index in [1.54, 1.807) is 37.3 Å². The number of amidine groups is 1. The molecule has 1 aliphatic heterocycles. The van der Waals surface area contributed by atoms with Crippen molar-refractivity contribution in [1.29, 1.82) is 5.41 Å². The third-order valence-corrected chi connectivity index (χ3v) is 7.67. The lowest BCUT2D eigenvalue weighted by atomic mass is 9.83. The number of amides is 1. The molecule has 3 unspecified atom stereocenters. The highest BCUT2D eigenvalue weighted by atomic mass is 19.4. The van der Waals surface area contributed by atoms with Gasteiger partial charge in [0.1, 0.15) is 18.1 Å². The lowest BCUT2D eigenvalue weighted by Gasteiger charge is -2.32. The fourth-order valence-corrected chi connectivity index (χ4v) is 5.11. The van der Waals surface area contributed by atoms with Crippen molar-refractivity contribution in [3.8, 4) is 0 Å². The van der Waals surface area contributed by atoms with Gasteiger partial charge in [-0.05, 0) is 47.6 Å². The summed E-state index contributed by atoms with van der Waals surface area (Å²) in [4.78, 5) is 26.9. The summed E-state index contributed by atoms with van der Waals surface area (Å²) in [7, 11) is 0. The van der Waals surface area contributed by atoms with Crippen LogP contribution in [0.1, 0.15) is 49.6 Å². The average Bonchev–Trinajstić information content (AvgIpc) is 2.89. The number of alkyl halides is 3. The SMILES string of the molecule is CC(C)C1CCc2cc(C3=CC(C(F)(F)F)=CC(N)C3C)n(CC(=O)NCc3ccc(C(=N)N)cc3)c(=O)c2N1. The molecule has 4 rings (SSSR count). The van der Waals surface area contributed by atoms with E-state index in [0.29, 0.717) is 23.2 Å². The lowest BCUT2D eigenvalue weighted by Crippen LogP contribution is -2.40. The molecule has 8 nitrogen and oxygen atoms in total. The highest BCUT2D eigenvalue weighted by Crippen LogP contribution is 2.38. The molecule has 0 spiro atoms. The highest BCUT2D eigenvalue weighted by molar-refractivity contribution is 5.94. The smallest absolute Gasteiger partial charge is 0.384 e. The summed E-state index contributed by atoms with van der Waals surface area (Å²) >= 11 is 0. The number of hydrogen-bond acceptors (Lipinski definition) is 5. The van der Waals surface area contributed by atoms with Gasteiger partial charge < -0.3 is 22.1 Å². The topological polar surface area (TPSA) is 139 Å². The van der Waals surface area contributed by atoms with Crippen LogP contribution in [-0.2, 0) is 24.3 Å². The molecule has 0 saturated carbocycles. The molecule has 0 saturated heterocycles.